The predicted octanol–water partition coefficient (Wildman–Crippen LogP) is 3.08. The minimum Gasteiger partial charge on any atom is -0.459 e. The summed E-state index contributed by atoms with van der Waals surface area (Å²) in [4.78, 5) is 29.2. The van der Waals surface area contributed by atoms with Crippen LogP contribution in [0.4, 0.5) is 0 Å². The fraction of sp³-hybridized carbons (Fsp3) is 0.455. The Bertz CT molecular complexity index is 753. The number of hydrogen-bond donors (Lipinski definition) is 1. The molecule has 1 aliphatic rings. The van der Waals surface area contributed by atoms with Gasteiger partial charge in [0.25, 0.3) is 5.91 Å². The molecule has 2 amide bonds. The molecule has 2 aromatic rings. The van der Waals surface area contributed by atoms with Crippen molar-refractivity contribution in [2.24, 2.45) is 0 Å². The van der Waals surface area contributed by atoms with Crippen LogP contribution in [0.25, 0.3) is 0 Å². The normalized spacial score (nSPS) is 17.1. The van der Waals surface area contributed by atoms with E-state index in [2.05, 4.69) is 29.3 Å². The third-order valence-corrected chi connectivity index (χ3v) is 5.36. The summed E-state index contributed by atoms with van der Waals surface area (Å²) in [6, 6.07) is 13.3. The zero-order chi connectivity index (χ0) is 19.9. The lowest BCUT2D eigenvalue weighted by atomic mass is 10.0. The van der Waals surface area contributed by atoms with Crippen molar-refractivity contribution in [3.8, 4) is 0 Å². The van der Waals surface area contributed by atoms with Gasteiger partial charge in [-0.3, -0.25) is 14.5 Å². The van der Waals surface area contributed by atoms with Crippen molar-refractivity contribution in [3.05, 3.63) is 60.1 Å². The van der Waals surface area contributed by atoms with Crippen LogP contribution in [0.15, 0.2) is 53.1 Å². The molecular weight excluding hydrogens is 354 g/mol. The highest BCUT2D eigenvalue weighted by Gasteiger charge is 2.29. The quantitative estimate of drug-likeness (QED) is 0.798. The Kier molecular flexibility index (Phi) is 6.87. The van der Waals surface area contributed by atoms with Crippen LogP contribution in [0.1, 0.15) is 48.8 Å². The molecule has 0 bridgehead atoms. The molecule has 1 fully saturated rings. The molecular formula is C22H29N3O3. The van der Waals surface area contributed by atoms with Crippen LogP contribution in [-0.2, 0) is 4.79 Å². The Labute approximate surface area is 166 Å². The summed E-state index contributed by atoms with van der Waals surface area (Å²) in [5.41, 5.74) is 1.14. The molecule has 6 nitrogen and oxygen atoms in total. The van der Waals surface area contributed by atoms with Gasteiger partial charge in [-0.1, -0.05) is 43.7 Å². The van der Waals surface area contributed by atoms with E-state index in [4.69, 9.17) is 4.42 Å². The van der Waals surface area contributed by atoms with Crippen LogP contribution < -0.4 is 5.32 Å². The van der Waals surface area contributed by atoms with Crippen LogP contribution >= 0.6 is 0 Å². The summed E-state index contributed by atoms with van der Waals surface area (Å²) in [6.07, 6.45) is 3.42. The number of amides is 2. The van der Waals surface area contributed by atoms with E-state index in [1.165, 1.54) is 6.26 Å². The number of furan rings is 1. The van der Waals surface area contributed by atoms with Gasteiger partial charge in [-0.2, -0.15) is 0 Å². The minimum absolute atomic E-state index is 0.0305. The Morgan fingerprint density at radius 1 is 1.07 bits per heavy atom. The molecule has 0 aliphatic carbocycles. The highest BCUT2D eigenvalue weighted by atomic mass is 16.3. The lowest BCUT2D eigenvalue weighted by Gasteiger charge is -2.37. The highest BCUT2D eigenvalue weighted by Crippen LogP contribution is 2.19. The van der Waals surface area contributed by atoms with Gasteiger partial charge in [0.2, 0.25) is 5.91 Å². The second kappa shape index (κ2) is 9.55. The maximum atomic E-state index is 12.9. The molecule has 0 spiro atoms. The number of carbonyl (C=O) groups excluding carboxylic acids is 2. The van der Waals surface area contributed by atoms with E-state index in [0.29, 0.717) is 31.9 Å². The Morgan fingerprint density at radius 3 is 2.39 bits per heavy atom. The smallest absolute Gasteiger partial charge is 0.289 e. The zero-order valence-corrected chi connectivity index (χ0v) is 16.6. The van der Waals surface area contributed by atoms with Crippen molar-refractivity contribution in [1.29, 1.82) is 0 Å². The van der Waals surface area contributed by atoms with Gasteiger partial charge >= 0.3 is 0 Å². The fourth-order valence-electron chi connectivity index (χ4n) is 3.62. The second-order valence-electron chi connectivity index (χ2n) is 7.24. The SMILES string of the molecule is CCCC(NC(=O)C(C)N1CCN(C(=O)c2ccco2)CC1)c1ccccc1. The minimum atomic E-state index is -0.232. The number of benzene rings is 1. The van der Waals surface area contributed by atoms with Crippen LogP contribution in [-0.4, -0.2) is 53.8 Å². The number of piperazine rings is 1. The molecule has 1 aliphatic heterocycles. The molecule has 2 unspecified atom stereocenters. The average molecular weight is 383 g/mol. The number of nitrogens with zero attached hydrogens (tertiary/aromatic N) is 2. The number of nitrogens with one attached hydrogen (secondary N) is 1. The van der Waals surface area contributed by atoms with Gasteiger partial charge in [0.05, 0.1) is 18.3 Å². The third kappa shape index (κ3) is 4.81. The molecule has 28 heavy (non-hydrogen) atoms. The van der Waals surface area contributed by atoms with E-state index in [1.54, 1.807) is 17.0 Å². The molecule has 0 saturated carbocycles. The lowest BCUT2D eigenvalue weighted by molar-refractivity contribution is -0.127. The molecule has 1 aromatic carbocycles. The van der Waals surface area contributed by atoms with Crippen molar-refractivity contribution in [2.75, 3.05) is 26.2 Å². The van der Waals surface area contributed by atoms with Crippen molar-refractivity contribution in [1.82, 2.24) is 15.1 Å². The van der Waals surface area contributed by atoms with Gasteiger partial charge in [0.15, 0.2) is 5.76 Å². The number of hydrogen-bond acceptors (Lipinski definition) is 4. The van der Waals surface area contributed by atoms with Crippen LogP contribution in [0.5, 0.6) is 0 Å². The summed E-state index contributed by atoms with van der Waals surface area (Å²) in [5, 5.41) is 3.21. The van der Waals surface area contributed by atoms with Crippen molar-refractivity contribution >= 4 is 11.8 Å². The van der Waals surface area contributed by atoms with E-state index in [1.807, 2.05) is 25.1 Å². The first-order valence-electron chi connectivity index (χ1n) is 10.0. The van der Waals surface area contributed by atoms with Crippen LogP contribution in [0.2, 0.25) is 0 Å². The van der Waals surface area contributed by atoms with Crippen LogP contribution in [0, 0.1) is 0 Å². The maximum Gasteiger partial charge on any atom is 0.289 e. The molecule has 1 aromatic heterocycles. The van der Waals surface area contributed by atoms with Crippen molar-refractivity contribution in [2.45, 2.75) is 38.8 Å². The summed E-state index contributed by atoms with van der Waals surface area (Å²) < 4.78 is 5.20. The van der Waals surface area contributed by atoms with Gasteiger partial charge in [0.1, 0.15) is 0 Å². The van der Waals surface area contributed by atoms with Gasteiger partial charge in [-0.15, -0.1) is 0 Å². The molecule has 1 saturated heterocycles. The topological polar surface area (TPSA) is 65.8 Å². The van der Waals surface area contributed by atoms with Gasteiger partial charge in [-0.25, -0.2) is 0 Å². The third-order valence-electron chi connectivity index (χ3n) is 5.36. The Balaban J connectivity index is 1.54. The van der Waals surface area contributed by atoms with E-state index >= 15 is 0 Å². The first kappa shape index (κ1) is 20.1. The Morgan fingerprint density at radius 2 is 1.79 bits per heavy atom. The van der Waals surface area contributed by atoms with Gasteiger partial charge in [-0.05, 0) is 31.0 Å². The van der Waals surface area contributed by atoms with E-state index in [0.717, 1.165) is 18.4 Å². The Hall–Kier alpha value is -2.60. The van der Waals surface area contributed by atoms with Crippen molar-refractivity contribution in [3.63, 3.8) is 0 Å². The summed E-state index contributed by atoms with van der Waals surface area (Å²) in [6.45, 7) is 6.59. The molecule has 3 rings (SSSR count). The van der Waals surface area contributed by atoms with Crippen LogP contribution in [0.3, 0.4) is 0 Å². The number of carbonyl (C=O) groups is 2. The lowest BCUT2D eigenvalue weighted by Crippen LogP contribution is -2.55. The second-order valence-corrected chi connectivity index (χ2v) is 7.24. The van der Waals surface area contributed by atoms with Crippen molar-refractivity contribution < 1.29 is 14.0 Å². The molecule has 1 N–H and O–H groups in total. The van der Waals surface area contributed by atoms with Gasteiger partial charge < -0.3 is 14.6 Å². The van der Waals surface area contributed by atoms with Gasteiger partial charge in [0, 0.05) is 26.2 Å². The molecule has 0 radical (unpaired) electrons. The number of rotatable bonds is 7. The maximum absolute atomic E-state index is 12.9. The molecule has 2 atom stereocenters. The monoisotopic (exact) mass is 383 g/mol. The first-order chi connectivity index (χ1) is 13.6. The summed E-state index contributed by atoms with van der Waals surface area (Å²) in [7, 11) is 0. The summed E-state index contributed by atoms with van der Waals surface area (Å²) >= 11 is 0. The molecule has 6 heteroatoms. The predicted molar refractivity (Wildman–Crippen MR) is 108 cm³/mol. The summed E-state index contributed by atoms with van der Waals surface area (Å²) in [5.74, 6) is 0.312. The average Bonchev–Trinajstić information content (AvgIpc) is 3.28. The highest BCUT2D eigenvalue weighted by molar-refractivity contribution is 5.91. The van der Waals surface area contributed by atoms with E-state index in [9.17, 15) is 9.59 Å². The largest absolute Gasteiger partial charge is 0.459 e. The zero-order valence-electron chi connectivity index (χ0n) is 16.6. The standard InChI is InChI=1S/C22H29N3O3/c1-3-8-19(18-9-5-4-6-10-18)23-21(26)17(2)24-12-14-25(15-13-24)22(27)20-11-7-16-28-20/h4-7,9-11,16-17,19H,3,8,12-15H2,1-2H3,(H,23,26). The van der Waals surface area contributed by atoms with E-state index in [-0.39, 0.29) is 23.9 Å². The molecule has 150 valence electrons. The van der Waals surface area contributed by atoms with E-state index < -0.39 is 0 Å². The first-order valence-corrected chi connectivity index (χ1v) is 10.0. The molecule has 2 heterocycles. The fourth-order valence-corrected chi connectivity index (χ4v) is 3.62.